The van der Waals surface area contributed by atoms with Crippen LogP contribution in [0.15, 0.2) is 30.3 Å². The molecule has 2 rings (SSSR count). The summed E-state index contributed by atoms with van der Waals surface area (Å²) in [7, 11) is 0. The van der Waals surface area contributed by atoms with E-state index in [9.17, 15) is 9.90 Å². The van der Waals surface area contributed by atoms with E-state index >= 15 is 0 Å². The fourth-order valence-electron chi connectivity index (χ4n) is 1.69. The predicted molar refractivity (Wildman–Crippen MR) is 57.1 cm³/mol. The molecule has 2 N–H and O–H groups in total. The smallest absolute Gasteiger partial charge is 0.246 e. The van der Waals surface area contributed by atoms with Crippen LogP contribution in [0.3, 0.4) is 0 Å². The Morgan fingerprint density at radius 2 is 2.13 bits per heavy atom. The number of hydrogen-bond acceptors (Lipinski definition) is 3. The van der Waals surface area contributed by atoms with E-state index in [4.69, 9.17) is 0 Å². The molecule has 1 aliphatic heterocycles. The minimum absolute atomic E-state index is 0.117. The minimum atomic E-state index is -0.612. The van der Waals surface area contributed by atoms with Crippen LogP contribution in [0.5, 0.6) is 0 Å². The normalized spacial score (nSPS) is 22.7. The summed E-state index contributed by atoms with van der Waals surface area (Å²) in [6, 6.07) is 9.59. The van der Waals surface area contributed by atoms with Gasteiger partial charge < -0.3 is 5.11 Å². The van der Waals surface area contributed by atoms with Crippen LogP contribution in [0.1, 0.15) is 6.92 Å². The van der Waals surface area contributed by atoms with Gasteiger partial charge in [0.25, 0.3) is 0 Å². The second kappa shape index (κ2) is 3.90. The molecule has 15 heavy (non-hydrogen) atoms. The molecule has 2 unspecified atom stereocenters. The van der Waals surface area contributed by atoms with E-state index in [-0.39, 0.29) is 11.8 Å². The summed E-state index contributed by atoms with van der Waals surface area (Å²) in [4.78, 5) is 11.5. The van der Waals surface area contributed by atoms with Gasteiger partial charge in [-0.1, -0.05) is 18.2 Å². The van der Waals surface area contributed by atoms with E-state index in [0.29, 0.717) is 6.54 Å². The Labute approximate surface area is 88.5 Å². The van der Waals surface area contributed by atoms with Crippen molar-refractivity contribution in [3.8, 4) is 0 Å². The number of hydrazine groups is 1. The Hall–Kier alpha value is -1.55. The van der Waals surface area contributed by atoms with Crippen LogP contribution >= 0.6 is 0 Å². The van der Waals surface area contributed by atoms with E-state index in [1.807, 2.05) is 30.3 Å². The first-order valence-corrected chi connectivity index (χ1v) is 4.99. The van der Waals surface area contributed by atoms with Crippen molar-refractivity contribution in [1.29, 1.82) is 0 Å². The highest BCUT2D eigenvalue weighted by Gasteiger charge is 2.33. The molecule has 1 aromatic carbocycles. The van der Waals surface area contributed by atoms with Gasteiger partial charge >= 0.3 is 0 Å². The van der Waals surface area contributed by atoms with Crippen molar-refractivity contribution in [2.24, 2.45) is 5.92 Å². The second-order valence-corrected chi connectivity index (χ2v) is 3.77. The zero-order chi connectivity index (χ0) is 10.8. The molecule has 0 aliphatic carbocycles. The number of anilines is 1. The van der Waals surface area contributed by atoms with Gasteiger partial charge in [-0.05, 0) is 19.1 Å². The van der Waals surface area contributed by atoms with Crippen LogP contribution in [0.25, 0.3) is 0 Å². The zero-order valence-corrected chi connectivity index (χ0v) is 8.55. The fourth-order valence-corrected chi connectivity index (χ4v) is 1.69. The number of hydrogen-bond donors (Lipinski definition) is 2. The third kappa shape index (κ3) is 1.94. The zero-order valence-electron chi connectivity index (χ0n) is 8.55. The third-order valence-corrected chi connectivity index (χ3v) is 2.61. The summed E-state index contributed by atoms with van der Waals surface area (Å²) in [6.07, 6.45) is -0.612. The first-order chi connectivity index (χ1) is 7.18. The predicted octanol–water partition coefficient (Wildman–Crippen LogP) is 0.535. The maximum absolute atomic E-state index is 11.5. The molecule has 0 bridgehead atoms. The third-order valence-electron chi connectivity index (χ3n) is 2.61. The summed E-state index contributed by atoms with van der Waals surface area (Å²) < 4.78 is 0. The highest BCUT2D eigenvalue weighted by atomic mass is 16.3. The van der Waals surface area contributed by atoms with Crippen molar-refractivity contribution in [3.05, 3.63) is 30.3 Å². The van der Waals surface area contributed by atoms with Gasteiger partial charge in [0.15, 0.2) is 0 Å². The van der Waals surface area contributed by atoms with Crippen LogP contribution in [-0.2, 0) is 4.79 Å². The summed E-state index contributed by atoms with van der Waals surface area (Å²) >= 11 is 0. The van der Waals surface area contributed by atoms with Crippen molar-refractivity contribution in [2.75, 3.05) is 11.6 Å². The van der Waals surface area contributed by atoms with E-state index < -0.39 is 6.10 Å². The van der Waals surface area contributed by atoms with Crippen molar-refractivity contribution in [2.45, 2.75) is 13.0 Å². The number of rotatable bonds is 2. The average Bonchev–Trinajstić information content (AvgIpc) is 2.62. The van der Waals surface area contributed by atoms with E-state index in [1.165, 1.54) is 0 Å². The van der Waals surface area contributed by atoms with Gasteiger partial charge in [-0.3, -0.25) is 15.2 Å². The number of aliphatic hydroxyl groups is 1. The molecular formula is C11H14N2O2. The Morgan fingerprint density at radius 1 is 1.47 bits per heavy atom. The van der Waals surface area contributed by atoms with Crippen LogP contribution in [-0.4, -0.2) is 23.7 Å². The number of para-hydroxylation sites is 1. The van der Waals surface area contributed by atoms with Crippen LogP contribution < -0.4 is 10.4 Å². The lowest BCUT2D eigenvalue weighted by atomic mass is 10.1. The molecule has 4 nitrogen and oxygen atoms in total. The topological polar surface area (TPSA) is 52.6 Å². The maximum Gasteiger partial charge on any atom is 0.246 e. The molecule has 1 aliphatic rings. The van der Waals surface area contributed by atoms with Gasteiger partial charge in [0.05, 0.1) is 24.3 Å². The standard InChI is InChI=1S/C11H14N2O2/c1-8(14)10-7-13(12-11(10)15)9-5-3-2-4-6-9/h2-6,8,10,14H,7H2,1H3,(H,12,15). The van der Waals surface area contributed by atoms with Crippen molar-refractivity contribution >= 4 is 11.6 Å². The Bertz CT molecular complexity index is 351. The van der Waals surface area contributed by atoms with Gasteiger partial charge in [0.2, 0.25) is 5.91 Å². The minimum Gasteiger partial charge on any atom is -0.393 e. The Morgan fingerprint density at radius 3 is 2.67 bits per heavy atom. The molecule has 1 fully saturated rings. The first kappa shape index (κ1) is 9.98. The number of benzene rings is 1. The quantitative estimate of drug-likeness (QED) is 0.742. The lowest BCUT2D eigenvalue weighted by molar-refractivity contribution is -0.124. The largest absolute Gasteiger partial charge is 0.393 e. The van der Waals surface area contributed by atoms with E-state index in [0.717, 1.165) is 5.69 Å². The molecular weight excluding hydrogens is 192 g/mol. The molecule has 1 saturated heterocycles. The second-order valence-electron chi connectivity index (χ2n) is 3.77. The van der Waals surface area contributed by atoms with Crippen LogP contribution in [0.2, 0.25) is 0 Å². The van der Waals surface area contributed by atoms with Gasteiger partial charge in [0.1, 0.15) is 0 Å². The SMILES string of the molecule is CC(O)C1CN(c2ccccc2)NC1=O. The number of carbonyl (C=O) groups excluding carboxylic acids is 1. The van der Waals surface area contributed by atoms with Crippen molar-refractivity contribution in [3.63, 3.8) is 0 Å². The fraction of sp³-hybridized carbons (Fsp3) is 0.364. The van der Waals surface area contributed by atoms with Crippen LogP contribution in [0.4, 0.5) is 5.69 Å². The molecule has 2 atom stereocenters. The molecule has 80 valence electrons. The highest BCUT2D eigenvalue weighted by molar-refractivity contribution is 5.84. The van der Waals surface area contributed by atoms with Gasteiger partial charge in [-0.25, -0.2) is 0 Å². The van der Waals surface area contributed by atoms with Crippen molar-refractivity contribution < 1.29 is 9.90 Å². The lowest BCUT2D eigenvalue weighted by Gasteiger charge is -2.17. The lowest BCUT2D eigenvalue weighted by Crippen LogP contribution is -2.33. The maximum atomic E-state index is 11.5. The number of carbonyl (C=O) groups is 1. The Balaban J connectivity index is 2.13. The summed E-state index contributed by atoms with van der Waals surface area (Å²) in [6.45, 7) is 2.15. The molecule has 4 heteroatoms. The summed E-state index contributed by atoms with van der Waals surface area (Å²) in [5.41, 5.74) is 3.67. The number of nitrogens with zero attached hydrogens (tertiary/aromatic N) is 1. The van der Waals surface area contributed by atoms with Gasteiger partial charge in [-0.15, -0.1) is 0 Å². The van der Waals surface area contributed by atoms with E-state index in [1.54, 1.807) is 11.9 Å². The summed E-state index contributed by atoms with van der Waals surface area (Å²) in [5.74, 6) is -0.459. The molecule has 0 radical (unpaired) electrons. The van der Waals surface area contributed by atoms with Gasteiger partial charge in [-0.2, -0.15) is 0 Å². The molecule has 1 amide bonds. The first-order valence-electron chi connectivity index (χ1n) is 4.99. The number of amides is 1. The molecule has 1 heterocycles. The average molecular weight is 206 g/mol. The van der Waals surface area contributed by atoms with Crippen molar-refractivity contribution in [1.82, 2.24) is 5.43 Å². The highest BCUT2D eigenvalue weighted by Crippen LogP contribution is 2.19. The molecule has 0 aromatic heterocycles. The van der Waals surface area contributed by atoms with Gasteiger partial charge in [0, 0.05) is 0 Å². The number of aliphatic hydroxyl groups excluding tert-OH is 1. The molecule has 1 aromatic rings. The monoisotopic (exact) mass is 206 g/mol. The Kier molecular flexibility index (Phi) is 2.60. The molecule has 0 spiro atoms. The molecule has 0 saturated carbocycles. The number of nitrogens with one attached hydrogen (secondary N) is 1. The van der Waals surface area contributed by atoms with Crippen LogP contribution in [0, 0.1) is 5.92 Å². The van der Waals surface area contributed by atoms with E-state index in [2.05, 4.69) is 5.43 Å². The summed E-state index contributed by atoms with van der Waals surface area (Å²) in [5, 5.41) is 11.2.